The Morgan fingerprint density at radius 1 is 0.952 bits per heavy atom. The van der Waals surface area contributed by atoms with Crippen molar-refractivity contribution in [2.45, 2.75) is 18.3 Å². The van der Waals surface area contributed by atoms with Gasteiger partial charge in [-0.05, 0) is 66.1 Å². The van der Waals surface area contributed by atoms with E-state index in [1.165, 1.54) is 38.5 Å². The highest BCUT2D eigenvalue weighted by atomic mass is 35.5. The van der Waals surface area contributed by atoms with Crippen LogP contribution in [0.1, 0.15) is 29.4 Å². The van der Waals surface area contributed by atoms with Gasteiger partial charge >= 0.3 is 11.9 Å². The molecule has 0 saturated carbocycles. The minimum Gasteiger partial charge on any atom is -0.497 e. The lowest BCUT2D eigenvalue weighted by molar-refractivity contribution is -0.150. The standard InChI is InChI=1S/C32H28ClFN2O6/c1-40-22-13-7-17(8-14-22)23-16-24-27(29(37)26(23)31(38)41-2)25(18-5-4-6-19(33)15-18)28(32(39)42-3)30(35)36(24)21-11-9-20(34)10-12-21/h4-15,23,25-26H,16,35H2,1-3H3/t23-,25+,26+/m0/s1. The Labute approximate surface area is 247 Å². The van der Waals surface area contributed by atoms with Crippen LogP contribution in [0.25, 0.3) is 0 Å². The van der Waals surface area contributed by atoms with Crippen molar-refractivity contribution in [2.24, 2.45) is 11.7 Å². The second-order valence-corrected chi connectivity index (χ2v) is 10.3. The summed E-state index contributed by atoms with van der Waals surface area (Å²) >= 11 is 6.35. The molecule has 0 bridgehead atoms. The van der Waals surface area contributed by atoms with Gasteiger partial charge < -0.3 is 19.9 Å². The molecule has 5 rings (SSSR count). The minimum absolute atomic E-state index is 0.00924. The summed E-state index contributed by atoms with van der Waals surface area (Å²) in [4.78, 5) is 42.8. The minimum atomic E-state index is -1.22. The number of nitrogens with two attached hydrogens (primary N) is 1. The molecule has 0 spiro atoms. The molecule has 3 aromatic carbocycles. The number of nitrogens with zero attached hydrogens (tertiary/aromatic N) is 1. The van der Waals surface area contributed by atoms with E-state index in [1.807, 2.05) is 0 Å². The Morgan fingerprint density at radius 2 is 1.64 bits per heavy atom. The smallest absolute Gasteiger partial charge is 0.338 e. The Bertz CT molecular complexity index is 1620. The van der Waals surface area contributed by atoms with Gasteiger partial charge in [0.05, 0.1) is 32.8 Å². The Kier molecular flexibility index (Phi) is 8.04. The molecule has 2 N–H and O–H groups in total. The van der Waals surface area contributed by atoms with Crippen LogP contribution < -0.4 is 15.4 Å². The van der Waals surface area contributed by atoms with Crippen LogP contribution in [-0.4, -0.2) is 39.1 Å². The predicted octanol–water partition coefficient (Wildman–Crippen LogP) is 5.23. The Morgan fingerprint density at radius 3 is 2.24 bits per heavy atom. The number of hydrogen-bond donors (Lipinski definition) is 1. The van der Waals surface area contributed by atoms with Gasteiger partial charge in [-0.1, -0.05) is 35.9 Å². The van der Waals surface area contributed by atoms with Crippen molar-refractivity contribution in [3.63, 3.8) is 0 Å². The van der Waals surface area contributed by atoms with E-state index in [2.05, 4.69) is 0 Å². The number of benzene rings is 3. The zero-order valence-electron chi connectivity index (χ0n) is 23.1. The molecule has 1 aliphatic heterocycles. The highest BCUT2D eigenvalue weighted by Gasteiger charge is 2.51. The number of rotatable bonds is 6. The third-order valence-corrected chi connectivity index (χ3v) is 7.94. The van der Waals surface area contributed by atoms with Crippen LogP contribution in [0.15, 0.2) is 95.5 Å². The highest BCUT2D eigenvalue weighted by molar-refractivity contribution is 6.30. The molecule has 8 nitrogen and oxygen atoms in total. The van der Waals surface area contributed by atoms with Crippen molar-refractivity contribution in [2.75, 3.05) is 26.2 Å². The van der Waals surface area contributed by atoms with Crippen molar-refractivity contribution < 1.29 is 33.0 Å². The predicted molar refractivity (Wildman–Crippen MR) is 154 cm³/mol. The molecule has 3 aromatic rings. The first kappa shape index (κ1) is 28.9. The number of methoxy groups -OCH3 is 3. The SMILES string of the molecule is COC(=O)C1=C(N)N(c2ccc(F)cc2)C2=C(C(=O)[C@H](C(=O)OC)[C@H](c3ccc(OC)cc3)C2)[C@H]1c1cccc(Cl)c1. The molecule has 3 atom stereocenters. The van der Waals surface area contributed by atoms with Gasteiger partial charge in [0.2, 0.25) is 0 Å². The van der Waals surface area contributed by atoms with Crippen molar-refractivity contribution in [1.82, 2.24) is 0 Å². The first-order valence-corrected chi connectivity index (χ1v) is 13.5. The van der Waals surface area contributed by atoms with Gasteiger partial charge in [-0.25, -0.2) is 9.18 Å². The fourth-order valence-electron chi connectivity index (χ4n) is 5.80. The third kappa shape index (κ3) is 5.00. The summed E-state index contributed by atoms with van der Waals surface area (Å²) in [6.45, 7) is 0. The molecular weight excluding hydrogens is 563 g/mol. The first-order valence-electron chi connectivity index (χ1n) is 13.1. The molecule has 1 aliphatic carbocycles. The topological polar surface area (TPSA) is 108 Å². The monoisotopic (exact) mass is 590 g/mol. The van der Waals surface area contributed by atoms with Gasteiger partial charge in [0.1, 0.15) is 23.3 Å². The average Bonchev–Trinajstić information content (AvgIpc) is 3.00. The summed E-state index contributed by atoms with van der Waals surface area (Å²) in [5.74, 6) is -4.74. The van der Waals surface area contributed by atoms with E-state index >= 15 is 0 Å². The summed E-state index contributed by atoms with van der Waals surface area (Å²) in [5.41, 5.74) is 9.01. The van der Waals surface area contributed by atoms with E-state index in [9.17, 15) is 18.8 Å². The Hall–Kier alpha value is -4.63. The molecule has 0 amide bonds. The molecule has 0 unspecified atom stereocenters. The molecule has 2 aliphatic rings. The molecular formula is C32H28ClFN2O6. The maximum Gasteiger partial charge on any atom is 0.338 e. The Balaban J connectivity index is 1.81. The van der Waals surface area contributed by atoms with E-state index in [1.54, 1.807) is 60.5 Å². The van der Waals surface area contributed by atoms with Crippen molar-refractivity contribution >= 4 is 35.0 Å². The molecule has 42 heavy (non-hydrogen) atoms. The van der Waals surface area contributed by atoms with Gasteiger partial charge in [-0.3, -0.25) is 14.5 Å². The summed E-state index contributed by atoms with van der Waals surface area (Å²) in [6.07, 6.45) is 0.163. The van der Waals surface area contributed by atoms with Gasteiger partial charge in [0.25, 0.3) is 0 Å². The number of ether oxygens (including phenoxy) is 3. The molecule has 10 heteroatoms. The number of carbonyl (C=O) groups excluding carboxylic acids is 3. The van der Waals surface area contributed by atoms with Gasteiger partial charge in [-0.2, -0.15) is 0 Å². The average molecular weight is 591 g/mol. The highest BCUT2D eigenvalue weighted by Crippen LogP contribution is 2.51. The molecule has 0 saturated heterocycles. The lowest BCUT2D eigenvalue weighted by Gasteiger charge is -2.44. The number of carbonyl (C=O) groups is 3. The molecule has 0 aromatic heterocycles. The maximum absolute atomic E-state index is 14.6. The van der Waals surface area contributed by atoms with E-state index in [4.69, 9.17) is 31.5 Å². The zero-order valence-corrected chi connectivity index (χ0v) is 23.9. The molecule has 1 heterocycles. The number of esters is 2. The van der Waals surface area contributed by atoms with Crippen LogP contribution in [0.3, 0.4) is 0 Å². The maximum atomic E-state index is 14.6. The third-order valence-electron chi connectivity index (χ3n) is 7.71. The van der Waals surface area contributed by atoms with E-state index in [0.717, 1.165) is 0 Å². The van der Waals surface area contributed by atoms with Crippen molar-refractivity contribution in [3.8, 4) is 5.75 Å². The fourth-order valence-corrected chi connectivity index (χ4v) is 6.00. The van der Waals surface area contributed by atoms with Crippen LogP contribution in [-0.2, 0) is 23.9 Å². The van der Waals surface area contributed by atoms with Crippen LogP contribution in [0.2, 0.25) is 5.02 Å². The fraction of sp³-hybridized carbons (Fsp3) is 0.219. The van der Waals surface area contributed by atoms with Crippen molar-refractivity contribution in [3.05, 3.63) is 117 Å². The number of allylic oxidation sites excluding steroid dienone is 2. The number of hydrogen-bond acceptors (Lipinski definition) is 8. The largest absolute Gasteiger partial charge is 0.497 e. The number of anilines is 1. The number of ketones is 1. The van der Waals surface area contributed by atoms with Crippen LogP contribution in [0.5, 0.6) is 5.75 Å². The summed E-state index contributed by atoms with van der Waals surface area (Å²) in [5, 5.41) is 0.377. The molecule has 216 valence electrons. The molecule has 0 radical (unpaired) electrons. The first-order chi connectivity index (χ1) is 20.2. The van der Waals surface area contributed by atoms with Gasteiger partial charge in [0.15, 0.2) is 5.78 Å². The normalized spacial score (nSPS) is 20.3. The number of Topliss-reactive ketones (excluding diaryl/α,β-unsaturated/α-hetero) is 1. The van der Waals surface area contributed by atoms with Crippen LogP contribution in [0.4, 0.5) is 10.1 Å². The molecule has 0 fully saturated rings. The van der Waals surface area contributed by atoms with Gasteiger partial charge in [0, 0.05) is 27.9 Å². The lowest BCUT2D eigenvalue weighted by atomic mass is 9.67. The second-order valence-electron chi connectivity index (χ2n) is 9.90. The van der Waals surface area contributed by atoms with E-state index in [0.29, 0.717) is 33.3 Å². The quantitative estimate of drug-likeness (QED) is 0.307. The summed E-state index contributed by atoms with van der Waals surface area (Å²) < 4.78 is 29.5. The van der Waals surface area contributed by atoms with Gasteiger partial charge in [-0.15, -0.1) is 0 Å². The van der Waals surface area contributed by atoms with Crippen molar-refractivity contribution in [1.29, 1.82) is 0 Å². The second kappa shape index (κ2) is 11.7. The van der Waals surface area contributed by atoms with Crippen LogP contribution >= 0.6 is 11.6 Å². The summed E-state index contributed by atoms with van der Waals surface area (Å²) in [7, 11) is 3.98. The lowest BCUT2D eigenvalue weighted by Crippen LogP contribution is -2.46. The van der Waals surface area contributed by atoms with E-state index in [-0.39, 0.29) is 23.4 Å². The summed E-state index contributed by atoms with van der Waals surface area (Å²) in [6, 6.07) is 19.3. The zero-order chi connectivity index (χ0) is 30.1. The van der Waals surface area contributed by atoms with Crippen LogP contribution in [0, 0.1) is 11.7 Å². The van der Waals surface area contributed by atoms with E-state index < -0.39 is 41.3 Å². The number of halogens is 2.